The van der Waals surface area contributed by atoms with Gasteiger partial charge in [0.1, 0.15) is 12.4 Å². The number of benzene rings is 2. The molecule has 2 fully saturated rings. The summed E-state index contributed by atoms with van der Waals surface area (Å²) < 4.78 is 5.76. The number of halogens is 2. The molecule has 3 nitrogen and oxygen atoms in total. The molecule has 1 aliphatic heterocycles. The molecule has 1 aliphatic carbocycles. The monoisotopic (exact) mass is 390 g/mol. The summed E-state index contributed by atoms with van der Waals surface area (Å²) in [6, 6.07) is 16.8. The summed E-state index contributed by atoms with van der Waals surface area (Å²) >= 11 is 12.0. The third kappa shape index (κ3) is 4.52. The molecule has 1 heterocycles. The molecule has 1 saturated heterocycles. The van der Waals surface area contributed by atoms with E-state index in [4.69, 9.17) is 27.9 Å². The minimum atomic E-state index is 0.570. The topological polar surface area (TPSA) is 24.5 Å². The van der Waals surface area contributed by atoms with Crippen molar-refractivity contribution in [3.63, 3.8) is 0 Å². The fraction of sp³-hybridized carbons (Fsp3) is 0.429. The first-order chi connectivity index (χ1) is 12.7. The van der Waals surface area contributed by atoms with Crippen LogP contribution in [0.4, 0.5) is 0 Å². The van der Waals surface area contributed by atoms with Crippen LogP contribution in [0.1, 0.15) is 17.9 Å². The zero-order chi connectivity index (χ0) is 17.9. The Labute approximate surface area is 165 Å². The van der Waals surface area contributed by atoms with Gasteiger partial charge in [-0.15, -0.1) is 0 Å². The fourth-order valence-corrected chi connectivity index (χ4v) is 4.14. The molecule has 2 aromatic rings. The van der Waals surface area contributed by atoms with Crippen molar-refractivity contribution in [2.75, 3.05) is 32.8 Å². The van der Waals surface area contributed by atoms with E-state index in [1.165, 1.54) is 12.0 Å². The van der Waals surface area contributed by atoms with E-state index < -0.39 is 0 Å². The van der Waals surface area contributed by atoms with E-state index in [1.54, 1.807) is 12.1 Å². The first-order valence-corrected chi connectivity index (χ1v) is 10.0. The Bertz CT molecular complexity index is 734. The summed E-state index contributed by atoms with van der Waals surface area (Å²) in [6.45, 7) is 5.00. The summed E-state index contributed by atoms with van der Waals surface area (Å²) in [5.41, 5.74) is 1.47. The molecule has 2 aliphatic rings. The van der Waals surface area contributed by atoms with Gasteiger partial charge in [-0.2, -0.15) is 0 Å². The van der Waals surface area contributed by atoms with Gasteiger partial charge >= 0.3 is 0 Å². The summed E-state index contributed by atoms with van der Waals surface area (Å²) in [7, 11) is 0. The number of hydrogen-bond donors (Lipinski definition) is 1. The van der Waals surface area contributed by atoms with Gasteiger partial charge in [0, 0.05) is 43.2 Å². The van der Waals surface area contributed by atoms with Crippen molar-refractivity contribution >= 4 is 23.2 Å². The van der Waals surface area contributed by atoms with Gasteiger partial charge in [0.2, 0.25) is 0 Å². The number of nitrogens with zero attached hydrogens (tertiary/aromatic N) is 1. The first kappa shape index (κ1) is 18.1. The van der Waals surface area contributed by atoms with E-state index >= 15 is 0 Å². The Morgan fingerprint density at radius 3 is 2.65 bits per heavy atom. The highest BCUT2D eigenvalue weighted by Gasteiger charge is 2.38. The molecule has 2 atom stereocenters. The van der Waals surface area contributed by atoms with Gasteiger partial charge < -0.3 is 10.1 Å². The predicted octanol–water partition coefficient (Wildman–Crippen LogP) is 4.45. The maximum absolute atomic E-state index is 6.12. The number of likely N-dealkylation sites (tertiary alicyclic amines) is 1. The van der Waals surface area contributed by atoms with Crippen LogP contribution in [0.25, 0.3) is 0 Å². The molecule has 2 unspecified atom stereocenters. The Balaban J connectivity index is 1.09. The second kappa shape index (κ2) is 8.18. The Morgan fingerprint density at radius 1 is 1.08 bits per heavy atom. The lowest BCUT2D eigenvalue weighted by Crippen LogP contribution is -2.52. The number of ether oxygens (including phenoxy) is 1. The molecule has 0 spiro atoms. The third-order valence-electron chi connectivity index (χ3n) is 5.28. The number of hydrogen-bond acceptors (Lipinski definition) is 3. The smallest absolute Gasteiger partial charge is 0.138 e. The highest BCUT2D eigenvalue weighted by atomic mass is 35.5. The molecule has 2 aromatic carbocycles. The standard InChI is InChI=1S/C21H24Cl2N2O/c22-17-6-7-21(19(23)10-17)26-9-8-25-13-15(14-25)12-24-20-11-18(20)16-4-2-1-3-5-16/h1-7,10,15,18,20,24H,8-9,11-14H2. The minimum absolute atomic E-state index is 0.570. The largest absolute Gasteiger partial charge is 0.491 e. The van der Waals surface area contributed by atoms with E-state index in [1.807, 2.05) is 6.07 Å². The van der Waals surface area contributed by atoms with Gasteiger partial charge in [0.05, 0.1) is 5.02 Å². The van der Waals surface area contributed by atoms with Crippen molar-refractivity contribution in [1.82, 2.24) is 10.2 Å². The van der Waals surface area contributed by atoms with Crippen LogP contribution in [-0.2, 0) is 0 Å². The van der Waals surface area contributed by atoms with Crippen LogP contribution in [0.3, 0.4) is 0 Å². The number of rotatable bonds is 8. The quantitative estimate of drug-likeness (QED) is 0.720. The van der Waals surface area contributed by atoms with Gasteiger partial charge in [-0.1, -0.05) is 53.5 Å². The van der Waals surface area contributed by atoms with E-state index in [2.05, 4.69) is 40.5 Å². The lowest BCUT2D eigenvalue weighted by Gasteiger charge is -2.39. The summed E-state index contributed by atoms with van der Waals surface area (Å²) in [5.74, 6) is 2.17. The van der Waals surface area contributed by atoms with Crippen molar-refractivity contribution in [1.29, 1.82) is 0 Å². The lowest BCUT2D eigenvalue weighted by atomic mass is 10.0. The molecule has 4 rings (SSSR count). The van der Waals surface area contributed by atoms with Crippen LogP contribution in [0, 0.1) is 5.92 Å². The molecule has 26 heavy (non-hydrogen) atoms. The highest BCUT2D eigenvalue weighted by Crippen LogP contribution is 2.40. The highest BCUT2D eigenvalue weighted by molar-refractivity contribution is 6.35. The lowest BCUT2D eigenvalue weighted by molar-refractivity contribution is 0.0820. The molecule has 1 N–H and O–H groups in total. The molecule has 0 radical (unpaired) electrons. The molecular formula is C21H24Cl2N2O. The van der Waals surface area contributed by atoms with E-state index in [0.29, 0.717) is 34.4 Å². The van der Waals surface area contributed by atoms with Crippen LogP contribution in [0.15, 0.2) is 48.5 Å². The van der Waals surface area contributed by atoms with Gasteiger partial charge in [0.25, 0.3) is 0 Å². The van der Waals surface area contributed by atoms with Crippen molar-refractivity contribution in [3.05, 3.63) is 64.1 Å². The molecule has 0 bridgehead atoms. The minimum Gasteiger partial charge on any atom is -0.491 e. The average molecular weight is 391 g/mol. The maximum Gasteiger partial charge on any atom is 0.138 e. The second-order valence-electron chi connectivity index (χ2n) is 7.32. The van der Waals surface area contributed by atoms with E-state index in [0.717, 1.165) is 32.1 Å². The van der Waals surface area contributed by atoms with E-state index in [-0.39, 0.29) is 0 Å². The zero-order valence-corrected chi connectivity index (χ0v) is 16.2. The van der Waals surface area contributed by atoms with Crippen LogP contribution >= 0.6 is 23.2 Å². The SMILES string of the molecule is Clc1ccc(OCCN2CC(CNC3CC3c3ccccc3)C2)c(Cl)c1. The van der Waals surface area contributed by atoms with Crippen LogP contribution < -0.4 is 10.1 Å². The Hall–Kier alpha value is -1.26. The van der Waals surface area contributed by atoms with E-state index in [9.17, 15) is 0 Å². The molecule has 138 valence electrons. The van der Waals surface area contributed by atoms with Gasteiger partial charge in [0.15, 0.2) is 0 Å². The molecule has 0 aromatic heterocycles. The normalized spacial score (nSPS) is 22.8. The fourth-order valence-electron chi connectivity index (χ4n) is 3.67. The molecular weight excluding hydrogens is 367 g/mol. The molecule has 1 saturated carbocycles. The van der Waals surface area contributed by atoms with Gasteiger partial charge in [-0.05, 0) is 36.1 Å². The summed E-state index contributed by atoms with van der Waals surface area (Å²) in [4.78, 5) is 2.43. The van der Waals surface area contributed by atoms with Crippen molar-refractivity contribution in [3.8, 4) is 5.75 Å². The summed E-state index contributed by atoms with van der Waals surface area (Å²) in [6.07, 6.45) is 1.27. The number of nitrogens with one attached hydrogen (secondary N) is 1. The molecule has 0 amide bonds. The Morgan fingerprint density at radius 2 is 1.88 bits per heavy atom. The third-order valence-corrected chi connectivity index (χ3v) is 5.81. The first-order valence-electron chi connectivity index (χ1n) is 9.27. The summed E-state index contributed by atoms with van der Waals surface area (Å²) in [5, 5.41) is 4.93. The Kier molecular flexibility index (Phi) is 5.70. The predicted molar refractivity (Wildman–Crippen MR) is 107 cm³/mol. The zero-order valence-electron chi connectivity index (χ0n) is 14.7. The van der Waals surface area contributed by atoms with Crippen molar-refractivity contribution in [2.24, 2.45) is 5.92 Å². The maximum atomic E-state index is 6.12. The molecule has 5 heteroatoms. The van der Waals surface area contributed by atoms with Gasteiger partial charge in [-0.25, -0.2) is 0 Å². The van der Waals surface area contributed by atoms with Gasteiger partial charge in [-0.3, -0.25) is 4.90 Å². The van der Waals surface area contributed by atoms with Crippen LogP contribution in [0.5, 0.6) is 5.75 Å². The van der Waals surface area contributed by atoms with Crippen LogP contribution in [-0.4, -0.2) is 43.7 Å². The second-order valence-corrected chi connectivity index (χ2v) is 8.16. The average Bonchev–Trinajstić information content (AvgIpc) is 3.38. The van der Waals surface area contributed by atoms with Crippen molar-refractivity contribution < 1.29 is 4.74 Å². The van der Waals surface area contributed by atoms with Crippen molar-refractivity contribution in [2.45, 2.75) is 18.4 Å². The van der Waals surface area contributed by atoms with Crippen LogP contribution in [0.2, 0.25) is 10.0 Å².